The lowest BCUT2D eigenvalue weighted by molar-refractivity contribution is 0.277. The lowest BCUT2D eigenvalue weighted by Gasteiger charge is -2.36. The van der Waals surface area contributed by atoms with Crippen LogP contribution in [0.1, 0.15) is 154 Å². The van der Waals surface area contributed by atoms with E-state index in [0.29, 0.717) is 24.9 Å². The van der Waals surface area contributed by atoms with Crippen molar-refractivity contribution in [3.8, 4) is 34.2 Å². The standard InChI is InChI=1S/C58H85N7.C7H14.C6H7N/c1-18-43(9)55-51(35-46(39-60-55)24-23-30-62(14)15)57-52(38-58(12,13)28-27-40(4)5)50-37-48(25-26-54(50)65(57)20-3)49-33-42(8)32-47(34-49)36-53(45(11)64(17)31-22-21-29-59)61-44(10)56(41(6)7)63(16)19-2;1-6-4-3-5-7(6)2;7-6-4-2-1-3-5-6/h19,25-26,32-35,37,39,41,43,53,56,61H,2,4,10-11,18,20-22,27-31,36,38,59H2,1,3,5-9,12-17H3;6-7H,3-5H2,1-2H3;1-5H,7H2. The zero-order valence-corrected chi connectivity index (χ0v) is 52.2. The number of hydrogen-bond donors (Lipinski definition) is 3. The average molecular weight is 1070 g/mol. The van der Waals surface area contributed by atoms with E-state index in [4.69, 9.17) is 16.5 Å². The third-order valence-corrected chi connectivity index (χ3v) is 16.2. The molecule has 3 aromatic carbocycles. The fourth-order valence-corrected chi connectivity index (χ4v) is 11.0. The number of nitrogens with zero attached hydrogens (tertiary/aromatic N) is 5. The largest absolute Gasteiger partial charge is 0.399 e. The van der Waals surface area contributed by atoms with Crippen LogP contribution in [0.3, 0.4) is 0 Å². The fraction of sp³-hybridized carbons (Fsp3) is 0.507. The minimum Gasteiger partial charge on any atom is -0.399 e. The van der Waals surface area contributed by atoms with Crippen LogP contribution in [0.2, 0.25) is 0 Å². The molecule has 1 saturated carbocycles. The predicted molar refractivity (Wildman–Crippen MR) is 346 cm³/mol. The number of pyridine rings is 1. The molecule has 8 nitrogen and oxygen atoms in total. The van der Waals surface area contributed by atoms with Gasteiger partial charge in [-0.3, -0.25) is 9.88 Å². The Kier molecular flexibility index (Phi) is 26.3. The van der Waals surface area contributed by atoms with Gasteiger partial charge in [-0.2, -0.15) is 0 Å². The molecule has 2 heterocycles. The highest BCUT2D eigenvalue weighted by atomic mass is 15.2. The van der Waals surface area contributed by atoms with Gasteiger partial charge in [0.25, 0.3) is 0 Å². The molecule has 0 spiro atoms. The van der Waals surface area contributed by atoms with Crippen LogP contribution < -0.4 is 16.8 Å². The summed E-state index contributed by atoms with van der Waals surface area (Å²) < 4.78 is 2.54. The van der Waals surface area contributed by atoms with Gasteiger partial charge in [0.1, 0.15) is 0 Å². The Labute approximate surface area is 481 Å². The van der Waals surface area contributed by atoms with Crippen molar-refractivity contribution < 1.29 is 0 Å². The Bertz CT molecular complexity index is 2790. The summed E-state index contributed by atoms with van der Waals surface area (Å²) in [6, 6.07) is 26.0. The lowest BCUT2D eigenvalue weighted by Crippen LogP contribution is -2.45. The summed E-state index contributed by atoms with van der Waals surface area (Å²) in [7, 11) is 8.33. The smallest absolute Gasteiger partial charge is 0.0696 e. The molecule has 79 heavy (non-hydrogen) atoms. The Morgan fingerprint density at radius 3 is 2.15 bits per heavy atom. The van der Waals surface area contributed by atoms with E-state index in [-0.39, 0.29) is 17.5 Å². The number of allylic oxidation sites excluding steroid dienone is 1. The molecule has 6 rings (SSSR count). The Hall–Kier alpha value is -6.01. The van der Waals surface area contributed by atoms with Gasteiger partial charge in [-0.05, 0) is 174 Å². The van der Waals surface area contributed by atoms with E-state index in [1.165, 1.54) is 74.8 Å². The number of nitrogens with one attached hydrogen (secondary N) is 1. The molecule has 5 aromatic rings. The number of likely N-dealkylation sites (N-methyl/N-ethyl adjacent to an activating group) is 2. The van der Waals surface area contributed by atoms with Gasteiger partial charge in [-0.1, -0.05) is 160 Å². The quantitative estimate of drug-likeness (QED) is 0.0232. The molecule has 0 radical (unpaired) electrons. The van der Waals surface area contributed by atoms with Crippen LogP contribution in [0.25, 0.3) is 33.3 Å². The van der Waals surface area contributed by atoms with Gasteiger partial charge in [-0.25, -0.2) is 0 Å². The Morgan fingerprint density at radius 2 is 1.61 bits per heavy atom. The van der Waals surface area contributed by atoms with Crippen molar-refractivity contribution >= 4 is 16.6 Å². The number of para-hydroxylation sites is 1. The Balaban J connectivity index is 0.000000828. The summed E-state index contributed by atoms with van der Waals surface area (Å²) in [5.41, 5.74) is 27.5. The molecule has 2 aromatic heterocycles. The van der Waals surface area contributed by atoms with Gasteiger partial charge in [0, 0.05) is 72.5 Å². The van der Waals surface area contributed by atoms with E-state index >= 15 is 0 Å². The third-order valence-electron chi connectivity index (χ3n) is 16.2. The SMILES string of the molecule is C=CN(C)C(C(=C)NC(Cc1cc(C)cc(-c2ccc3c(c2)c(CC(C)(C)CCC(=C)C)c(-c2cc(C#CCN(C)C)cnc2C(C)CC)n3CC)c1)C(=C)N(C)CCCCN)C(C)C.CC1CCCC1C.Nc1ccccc1. The highest BCUT2D eigenvalue weighted by molar-refractivity contribution is 5.95. The number of aryl methyl sites for hydroxylation is 2. The van der Waals surface area contributed by atoms with Crippen molar-refractivity contribution in [2.75, 3.05) is 53.6 Å². The zero-order valence-electron chi connectivity index (χ0n) is 52.2. The van der Waals surface area contributed by atoms with Gasteiger partial charge in [-0.15, -0.1) is 6.58 Å². The number of aromatic nitrogens is 2. The van der Waals surface area contributed by atoms with E-state index in [1.807, 2.05) is 42.7 Å². The van der Waals surface area contributed by atoms with Gasteiger partial charge in [0.05, 0.1) is 30.0 Å². The number of hydrogen-bond acceptors (Lipinski definition) is 7. The number of fused-ring (bicyclic) bond motifs is 1. The van der Waals surface area contributed by atoms with Crippen molar-refractivity contribution in [3.05, 3.63) is 156 Å². The number of nitrogens with two attached hydrogens (primary N) is 2. The van der Waals surface area contributed by atoms with Crippen LogP contribution >= 0.6 is 0 Å². The number of anilines is 1. The molecular weight excluding hydrogens is 965 g/mol. The minimum absolute atomic E-state index is 0.0289. The van der Waals surface area contributed by atoms with Gasteiger partial charge < -0.3 is 31.2 Å². The van der Waals surface area contributed by atoms with E-state index in [0.717, 1.165) is 98.2 Å². The number of rotatable bonds is 25. The monoisotopic (exact) mass is 1070 g/mol. The summed E-state index contributed by atoms with van der Waals surface area (Å²) >= 11 is 0. The molecule has 1 aliphatic carbocycles. The maximum atomic E-state index is 5.89. The van der Waals surface area contributed by atoms with Gasteiger partial charge in [0.15, 0.2) is 0 Å². The first kappa shape index (κ1) is 65.5. The van der Waals surface area contributed by atoms with Crippen LogP contribution in [0.4, 0.5) is 5.69 Å². The first-order chi connectivity index (χ1) is 37.4. The van der Waals surface area contributed by atoms with Gasteiger partial charge in [0.2, 0.25) is 0 Å². The highest BCUT2D eigenvalue weighted by Gasteiger charge is 2.29. The molecule has 0 saturated heterocycles. The van der Waals surface area contributed by atoms with Crippen LogP contribution in [-0.2, 0) is 19.4 Å². The maximum absolute atomic E-state index is 5.89. The van der Waals surface area contributed by atoms with Crippen molar-refractivity contribution in [1.82, 2.24) is 29.6 Å². The normalized spacial score (nSPS) is 15.2. The Morgan fingerprint density at radius 1 is 0.924 bits per heavy atom. The second-order valence-electron chi connectivity index (χ2n) is 24.5. The van der Waals surface area contributed by atoms with Crippen LogP contribution in [0, 0.1) is 41.9 Å². The van der Waals surface area contributed by atoms with Crippen LogP contribution in [0.5, 0.6) is 0 Å². The zero-order chi connectivity index (χ0) is 58.6. The molecule has 430 valence electrons. The predicted octanol–water partition coefficient (Wildman–Crippen LogP) is 16.1. The molecule has 5 unspecified atom stereocenters. The lowest BCUT2D eigenvalue weighted by atomic mass is 9.79. The second-order valence-corrected chi connectivity index (χ2v) is 24.5. The van der Waals surface area contributed by atoms with E-state index < -0.39 is 0 Å². The molecule has 1 fully saturated rings. The van der Waals surface area contributed by atoms with Crippen molar-refractivity contribution in [2.45, 2.75) is 165 Å². The minimum atomic E-state index is -0.0622. The summed E-state index contributed by atoms with van der Waals surface area (Å²) in [5.74, 6) is 9.47. The number of unbranched alkanes of at least 4 members (excludes halogenated alkanes) is 1. The molecule has 0 amide bonds. The summed E-state index contributed by atoms with van der Waals surface area (Å²) in [6.45, 7) is 46.0. The van der Waals surface area contributed by atoms with Crippen LogP contribution in [-0.4, -0.2) is 84.2 Å². The van der Waals surface area contributed by atoms with Crippen molar-refractivity contribution in [3.63, 3.8) is 0 Å². The molecule has 0 bridgehead atoms. The first-order valence-electron chi connectivity index (χ1n) is 29.7. The van der Waals surface area contributed by atoms with Crippen molar-refractivity contribution in [1.29, 1.82) is 0 Å². The molecule has 5 atom stereocenters. The maximum Gasteiger partial charge on any atom is 0.0696 e. The third kappa shape index (κ3) is 19.6. The van der Waals surface area contributed by atoms with E-state index in [9.17, 15) is 0 Å². The average Bonchev–Trinajstić information content (AvgIpc) is 4.06. The van der Waals surface area contributed by atoms with Gasteiger partial charge >= 0.3 is 0 Å². The fourth-order valence-electron chi connectivity index (χ4n) is 11.0. The highest BCUT2D eigenvalue weighted by Crippen LogP contribution is 2.43. The topological polar surface area (TPSA) is 91.6 Å². The molecule has 8 heteroatoms. The van der Waals surface area contributed by atoms with Crippen molar-refractivity contribution in [2.24, 2.45) is 28.9 Å². The number of nitrogen functional groups attached to an aromatic ring is 1. The second kappa shape index (κ2) is 31.7. The summed E-state index contributed by atoms with van der Waals surface area (Å²) in [6.07, 6.45) is 15.0. The van der Waals surface area contributed by atoms with E-state index in [1.54, 1.807) is 0 Å². The summed E-state index contributed by atoms with van der Waals surface area (Å²) in [5, 5.41) is 5.18. The summed E-state index contributed by atoms with van der Waals surface area (Å²) in [4.78, 5) is 11.7. The molecule has 5 N–H and O–H groups in total. The molecular formula is C71H106N8. The first-order valence-corrected chi connectivity index (χ1v) is 29.7. The van der Waals surface area contributed by atoms with Crippen LogP contribution in [0.15, 0.2) is 128 Å². The van der Waals surface area contributed by atoms with E-state index in [2.05, 4.69) is 210 Å². The molecule has 0 aliphatic heterocycles. The molecule has 1 aliphatic rings. The number of benzene rings is 3.